The number of rotatable bonds is 12. The Hall–Kier alpha value is -3.99. The lowest BCUT2D eigenvalue weighted by Gasteiger charge is -2.25. The van der Waals surface area contributed by atoms with Crippen LogP contribution in [0.4, 0.5) is 0 Å². The first-order valence-corrected chi connectivity index (χ1v) is 16.0. The summed E-state index contributed by atoms with van der Waals surface area (Å²) in [5.74, 6) is -0.182. The molecule has 0 radical (unpaired) electrons. The monoisotopic (exact) mass is 612 g/mol. The van der Waals surface area contributed by atoms with Crippen molar-refractivity contribution in [3.8, 4) is 0 Å². The van der Waals surface area contributed by atoms with Gasteiger partial charge in [0, 0.05) is 55.5 Å². The molecule has 1 saturated heterocycles. The molecule has 2 amide bonds. The van der Waals surface area contributed by atoms with E-state index in [1.54, 1.807) is 17.4 Å². The average Bonchev–Trinajstić information content (AvgIpc) is 3.70. The summed E-state index contributed by atoms with van der Waals surface area (Å²) in [7, 11) is 0. The number of carbonyl (C=O) groups is 2. The molecule has 9 nitrogen and oxygen atoms in total. The van der Waals surface area contributed by atoms with Crippen molar-refractivity contribution in [2.45, 2.75) is 70.7 Å². The molecule has 1 aliphatic heterocycles. The second-order valence-corrected chi connectivity index (χ2v) is 12.6. The molecule has 1 fully saturated rings. The Bertz CT molecular complexity index is 1560. The maximum Gasteiger partial charge on any atom is 0.256 e. The van der Waals surface area contributed by atoms with Crippen molar-refractivity contribution in [2.75, 3.05) is 13.1 Å². The number of carbonyl (C=O) groups excluding carboxylic acids is 2. The Morgan fingerprint density at radius 2 is 1.82 bits per heavy atom. The number of aromatic nitrogens is 3. The third-order valence-electron chi connectivity index (χ3n) is 7.93. The predicted octanol–water partition coefficient (Wildman–Crippen LogP) is 4.83. The van der Waals surface area contributed by atoms with E-state index in [9.17, 15) is 14.7 Å². The van der Waals surface area contributed by atoms with Gasteiger partial charge < -0.3 is 20.6 Å². The van der Waals surface area contributed by atoms with E-state index in [2.05, 4.69) is 45.5 Å². The highest BCUT2D eigenvalue weighted by molar-refractivity contribution is 7.09. The van der Waals surface area contributed by atoms with E-state index < -0.39 is 18.1 Å². The van der Waals surface area contributed by atoms with Gasteiger partial charge in [0.25, 0.3) is 11.8 Å². The Morgan fingerprint density at radius 3 is 2.57 bits per heavy atom. The topological polar surface area (TPSA) is 120 Å². The van der Waals surface area contributed by atoms with Gasteiger partial charge in [0.1, 0.15) is 5.01 Å². The minimum Gasteiger partial charge on any atom is -0.390 e. The van der Waals surface area contributed by atoms with Crippen molar-refractivity contribution >= 4 is 23.2 Å². The van der Waals surface area contributed by atoms with Crippen LogP contribution >= 0.6 is 11.3 Å². The van der Waals surface area contributed by atoms with E-state index in [0.29, 0.717) is 31.0 Å². The van der Waals surface area contributed by atoms with Crippen LogP contribution in [-0.4, -0.2) is 62.0 Å². The lowest BCUT2D eigenvalue weighted by molar-refractivity contribution is 0.0735. The van der Waals surface area contributed by atoms with Crippen LogP contribution in [0.1, 0.15) is 86.8 Å². The van der Waals surface area contributed by atoms with Gasteiger partial charge in [0.2, 0.25) is 0 Å². The van der Waals surface area contributed by atoms with Gasteiger partial charge >= 0.3 is 0 Å². The molecule has 3 aromatic heterocycles. The summed E-state index contributed by atoms with van der Waals surface area (Å²) in [6.45, 7) is 7.66. The Balaban J connectivity index is 1.26. The number of amides is 2. The first-order valence-electron chi connectivity index (χ1n) is 15.1. The molecule has 0 saturated carbocycles. The quantitative estimate of drug-likeness (QED) is 0.210. The number of hydrogen-bond donors (Lipinski definition) is 3. The molecule has 4 heterocycles. The highest BCUT2D eigenvalue weighted by Gasteiger charge is 2.33. The van der Waals surface area contributed by atoms with Crippen molar-refractivity contribution < 1.29 is 14.7 Å². The van der Waals surface area contributed by atoms with Crippen molar-refractivity contribution in [2.24, 2.45) is 0 Å². The smallest absolute Gasteiger partial charge is 0.256 e. The molecule has 0 bridgehead atoms. The van der Waals surface area contributed by atoms with Crippen LogP contribution in [0.5, 0.6) is 0 Å². The zero-order valence-electron chi connectivity index (χ0n) is 25.4. The standard InChI is InChI=1S/C34H40N6O3S/c1-22(2)26-12-25(15-35-17-26)16-36-20-31(41)29(13-24-8-5-4-6-9-24)39-32(42)27-14-28(19-37-18-27)34(43)40-11-7-10-30(40)33-38-23(3)21-44-33/h4-6,8-9,12,14-15,17-19,21-22,29-31,36,41H,7,10-11,13,16,20H2,1-3H3,(H,39,42)/t29-,30+,31+/m0/s1. The number of benzene rings is 1. The summed E-state index contributed by atoms with van der Waals surface area (Å²) in [5, 5.41) is 20.5. The molecule has 3 atom stereocenters. The maximum atomic E-state index is 13.6. The fraction of sp³-hybridized carbons (Fsp3) is 0.382. The van der Waals surface area contributed by atoms with Crippen molar-refractivity contribution in [1.82, 2.24) is 30.5 Å². The minimum atomic E-state index is -0.870. The zero-order valence-corrected chi connectivity index (χ0v) is 26.3. The molecule has 0 aliphatic carbocycles. The molecule has 5 rings (SSSR count). The average molecular weight is 613 g/mol. The van der Waals surface area contributed by atoms with E-state index >= 15 is 0 Å². The minimum absolute atomic E-state index is 0.0692. The first kappa shape index (κ1) is 31.4. The highest BCUT2D eigenvalue weighted by Crippen LogP contribution is 2.34. The second kappa shape index (κ2) is 14.7. The van der Waals surface area contributed by atoms with E-state index in [-0.39, 0.29) is 24.1 Å². The number of thiazole rings is 1. The van der Waals surface area contributed by atoms with Gasteiger partial charge in [0.05, 0.1) is 29.3 Å². The van der Waals surface area contributed by atoms with Crippen LogP contribution in [0.2, 0.25) is 0 Å². The summed E-state index contributed by atoms with van der Waals surface area (Å²) < 4.78 is 0. The number of nitrogens with zero attached hydrogens (tertiary/aromatic N) is 4. The Kier molecular flexibility index (Phi) is 10.5. The van der Waals surface area contributed by atoms with Crippen LogP contribution in [-0.2, 0) is 13.0 Å². The van der Waals surface area contributed by atoms with Crippen LogP contribution < -0.4 is 10.6 Å². The maximum absolute atomic E-state index is 13.6. The van der Waals surface area contributed by atoms with Gasteiger partial charge in [-0.15, -0.1) is 11.3 Å². The molecule has 10 heteroatoms. The number of likely N-dealkylation sites (tertiary alicyclic amines) is 1. The summed E-state index contributed by atoms with van der Waals surface area (Å²) in [5.41, 5.74) is 4.76. The summed E-state index contributed by atoms with van der Waals surface area (Å²) in [6.07, 6.45) is 7.98. The zero-order chi connectivity index (χ0) is 31.1. The van der Waals surface area contributed by atoms with Gasteiger partial charge in [0.15, 0.2) is 0 Å². The Labute approximate surface area is 262 Å². The molecule has 1 aromatic carbocycles. The number of hydrogen-bond acceptors (Lipinski definition) is 8. The highest BCUT2D eigenvalue weighted by atomic mass is 32.1. The normalized spacial score (nSPS) is 16.2. The molecule has 230 valence electrons. The molecule has 3 N–H and O–H groups in total. The van der Waals surface area contributed by atoms with E-state index in [1.165, 1.54) is 12.4 Å². The van der Waals surface area contributed by atoms with Crippen molar-refractivity contribution in [1.29, 1.82) is 0 Å². The van der Waals surface area contributed by atoms with Gasteiger partial charge in [-0.25, -0.2) is 4.98 Å². The number of aliphatic hydroxyl groups excluding tert-OH is 1. The van der Waals surface area contributed by atoms with Gasteiger partial charge in [-0.2, -0.15) is 0 Å². The molecule has 4 aromatic rings. The number of pyridine rings is 2. The molecular formula is C34H40N6O3S. The van der Waals surface area contributed by atoms with Gasteiger partial charge in [-0.1, -0.05) is 50.2 Å². The second-order valence-electron chi connectivity index (χ2n) is 11.7. The summed E-state index contributed by atoms with van der Waals surface area (Å²) in [4.78, 5) is 42.1. The molecule has 0 unspecified atom stereocenters. The fourth-order valence-corrected chi connectivity index (χ4v) is 6.41. The molecule has 0 spiro atoms. The van der Waals surface area contributed by atoms with E-state index in [0.717, 1.165) is 40.2 Å². The van der Waals surface area contributed by atoms with Crippen LogP contribution in [0.15, 0.2) is 72.6 Å². The lowest BCUT2D eigenvalue weighted by Crippen LogP contribution is -2.48. The van der Waals surface area contributed by atoms with Crippen LogP contribution in [0.25, 0.3) is 0 Å². The molecular weight excluding hydrogens is 572 g/mol. The van der Waals surface area contributed by atoms with Gasteiger partial charge in [-0.05, 0) is 54.9 Å². The molecule has 1 aliphatic rings. The first-order chi connectivity index (χ1) is 21.3. The van der Waals surface area contributed by atoms with Crippen LogP contribution in [0, 0.1) is 6.92 Å². The van der Waals surface area contributed by atoms with E-state index in [1.807, 2.05) is 59.9 Å². The number of nitrogens with one attached hydrogen (secondary N) is 2. The molecule has 44 heavy (non-hydrogen) atoms. The number of aliphatic hydroxyl groups is 1. The summed E-state index contributed by atoms with van der Waals surface area (Å²) in [6, 6.07) is 12.8. The lowest BCUT2D eigenvalue weighted by atomic mass is 10.00. The third-order valence-corrected chi connectivity index (χ3v) is 8.99. The Morgan fingerprint density at radius 1 is 1.05 bits per heavy atom. The fourth-order valence-electron chi connectivity index (χ4n) is 5.47. The van der Waals surface area contributed by atoms with E-state index in [4.69, 9.17) is 0 Å². The van der Waals surface area contributed by atoms with Crippen molar-refractivity contribution in [3.05, 3.63) is 111 Å². The summed E-state index contributed by atoms with van der Waals surface area (Å²) >= 11 is 1.57. The van der Waals surface area contributed by atoms with Crippen LogP contribution in [0.3, 0.4) is 0 Å². The van der Waals surface area contributed by atoms with Gasteiger partial charge in [-0.3, -0.25) is 19.6 Å². The SMILES string of the molecule is Cc1csc([C@H]2CCCN2C(=O)c2cncc(C(=O)N[C@@H](Cc3ccccc3)[C@H](O)CNCc3cncc(C(C)C)c3)c2)n1. The van der Waals surface area contributed by atoms with Crippen molar-refractivity contribution in [3.63, 3.8) is 0 Å². The predicted molar refractivity (Wildman–Crippen MR) is 172 cm³/mol. The largest absolute Gasteiger partial charge is 0.390 e. The third kappa shape index (κ3) is 7.93. The number of aryl methyl sites for hydroxylation is 1.